The number of carbonyl (C=O) groups is 2. The second-order valence-corrected chi connectivity index (χ2v) is 10.8. The normalized spacial score (nSPS) is 25.9. The van der Waals surface area contributed by atoms with Crippen molar-refractivity contribution in [2.24, 2.45) is 0 Å². The van der Waals surface area contributed by atoms with Crippen LogP contribution in [0.4, 0.5) is 5.82 Å². The van der Waals surface area contributed by atoms with Gasteiger partial charge in [-0.2, -0.15) is 0 Å². The van der Waals surface area contributed by atoms with Crippen molar-refractivity contribution in [2.45, 2.75) is 89.6 Å². The number of pyridine rings is 1. The maximum absolute atomic E-state index is 13.7. The molecule has 176 valence electrons. The molecule has 2 aromatic rings. The first-order chi connectivity index (χ1) is 15.8. The zero-order chi connectivity index (χ0) is 23.3. The summed E-state index contributed by atoms with van der Waals surface area (Å²) >= 11 is 1.23. The highest BCUT2D eigenvalue weighted by Gasteiger charge is 2.44. The lowest BCUT2D eigenvalue weighted by Gasteiger charge is -2.32. The third kappa shape index (κ3) is 4.12. The Morgan fingerprint density at radius 1 is 1.15 bits per heavy atom. The molecule has 5 rings (SSSR count). The van der Waals surface area contributed by atoms with Crippen molar-refractivity contribution in [1.29, 1.82) is 0 Å². The third-order valence-corrected chi connectivity index (χ3v) is 8.15. The lowest BCUT2D eigenvalue weighted by molar-refractivity contribution is 0.0447. The van der Waals surface area contributed by atoms with Gasteiger partial charge in [0.1, 0.15) is 11.5 Å². The number of aliphatic hydroxyl groups excluding tert-OH is 1. The molecular formula is C24H31N5O3S. The molecular weight excluding hydrogens is 438 g/mol. The zero-order valence-corrected chi connectivity index (χ0v) is 20.1. The number of aromatic nitrogens is 2. The van der Waals surface area contributed by atoms with E-state index in [1.54, 1.807) is 6.20 Å². The monoisotopic (exact) mass is 469 g/mol. The molecule has 3 aliphatic rings. The van der Waals surface area contributed by atoms with Crippen LogP contribution >= 0.6 is 11.3 Å². The fourth-order valence-electron chi connectivity index (χ4n) is 5.16. The molecule has 8 nitrogen and oxygen atoms in total. The highest BCUT2D eigenvalue weighted by molar-refractivity contribution is 7.17. The van der Waals surface area contributed by atoms with Crippen molar-refractivity contribution in [3.63, 3.8) is 0 Å². The average molecular weight is 470 g/mol. The molecule has 1 aliphatic carbocycles. The Morgan fingerprint density at radius 2 is 1.85 bits per heavy atom. The molecule has 2 amide bonds. The summed E-state index contributed by atoms with van der Waals surface area (Å²) < 4.78 is 0. The van der Waals surface area contributed by atoms with Crippen LogP contribution in [0.15, 0.2) is 12.3 Å². The predicted molar refractivity (Wildman–Crippen MR) is 128 cm³/mol. The first kappa shape index (κ1) is 22.3. The lowest BCUT2D eigenvalue weighted by atomic mass is 9.89. The summed E-state index contributed by atoms with van der Waals surface area (Å²) in [4.78, 5) is 38.4. The molecule has 33 heavy (non-hydrogen) atoms. The van der Waals surface area contributed by atoms with Gasteiger partial charge in [0.05, 0.1) is 17.0 Å². The number of anilines is 1. The van der Waals surface area contributed by atoms with Crippen LogP contribution in [0, 0.1) is 6.92 Å². The molecule has 2 unspecified atom stereocenters. The standard InChI is InChI=1S/C24H31N5O3S/c1-12(2)26-19-10-13(3)16(11-25-19)21-20(24(32)29-14-4-5-15(29)7-6-14)28-23(33-21)22(31)27-17-8-9-18(17)30/h10-12,14-15,17-18,30H,4-9H2,1-3H3,(H,25,26)(H,27,31). The van der Waals surface area contributed by atoms with E-state index in [2.05, 4.69) is 34.4 Å². The average Bonchev–Trinajstić information content (AvgIpc) is 3.50. The molecule has 3 N–H and O–H groups in total. The van der Waals surface area contributed by atoms with Crippen molar-refractivity contribution in [1.82, 2.24) is 20.2 Å². The van der Waals surface area contributed by atoms with E-state index in [0.29, 0.717) is 17.0 Å². The third-order valence-electron chi connectivity index (χ3n) is 7.06. The lowest BCUT2D eigenvalue weighted by Crippen LogP contribution is -2.50. The largest absolute Gasteiger partial charge is 0.391 e. The number of nitrogens with one attached hydrogen (secondary N) is 2. The number of aryl methyl sites for hydroxylation is 1. The molecule has 2 bridgehead atoms. The summed E-state index contributed by atoms with van der Waals surface area (Å²) in [5.41, 5.74) is 2.13. The molecule has 2 atom stereocenters. The Bertz CT molecular complexity index is 1060. The summed E-state index contributed by atoms with van der Waals surface area (Å²) in [7, 11) is 0. The molecule has 2 saturated heterocycles. The molecule has 0 radical (unpaired) electrons. The van der Waals surface area contributed by atoms with Gasteiger partial charge in [-0.3, -0.25) is 9.59 Å². The van der Waals surface area contributed by atoms with Gasteiger partial charge in [0, 0.05) is 29.9 Å². The maximum atomic E-state index is 13.7. The summed E-state index contributed by atoms with van der Waals surface area (Å²) in [6.45, 7) is 6.10. The van der Waals surface area contributed by atoms with Crippen LogP contribution in [-0.2, 0) is 0 Å². The van der Waals surface area contributed by atoms with Crippen LogP contribution in [0.5, 0.6) is 0 Å². The number of hydrogen-bond acceptors (Lipinski definition) is 7. The van der Waals surface area contributed by atoms with E-state index in [1.807, 2.05) is 17.9 Å². The fourth-order valence-corrected chi connectivity index (χ4v) is 6.20. The number of aliphatic hydroxyl groups is 1. The van der Waals surface area contributed by atoms with E-state index in [1.165, 1.54) is 11.3 Å². The van der Waals surface area contributed by atoms with E-state index >= 15 is 0 Å². The summed E-state index contributed by atoms with van der Waals surface area (Å²) in [5, 5.41) is 16.3. The summed E-state index contributed by atoms with van der Waals surface area (Å²) in [6, 6.07) is 2.52. The number of amides is 2. The fraction of sp³-hybridized carbons (Fsp3) is 0.583. The maximum Gasteiger partial charge on any atom is 0.280 e. The Balaban J connectivity index is 1.50. The number of carbonyl (C=O) groups excluding carboxylic acids is 2. The van der Waals surface area contributed by atoms with Gasteiger partial charge in [-0.25, -0.2) is 9.97 Å². The van der Waals surface area contributed by atoms with Crippen LogP contribution in [0.1, 0.15) is 78.2 Å². The second-order valence-electron chi connectivity index (χ2n) is 9.78. The van der Waals surface area contributed by atoms with E-state index in [4.69, 9.17) is 0 Å². The van der Waals surface area contributed by atoms with Crippen molar-refractivity contribution in [2.75, 3.05) is 5.32 Å². The van der Waals surface area contributed by atoms with Crippen LogP contribution < -0.4 is 10.6 Å². The Labute approximate surface area is 197 Å². The summed E-state index contributed by atoms with van der Waals surface area (Å²) in [6.07, 6.45) is 6.86. The van der Waals surface area contributed by atoms with Gasteiger partial charge in [-0.15, -0.1) is 11.3 Å². The predicted octanol–water partition coefficient (Wildman–Crippen LogP) is 3.35. The van der Waals surface area contributed by atoms with Gasteiger partial charge < -0.3 is 20.6 Å². The minimum atomic E-state index is -0.512. The Morgan fingerprint density at radius 3 is 2.39 bits per heavy atom. The van der Waals surface area contributed by atoms with Gasteiger partial charge >= 0.3 is 0 Å². The van der Waals surface area contributed by atoms with Crippen LogP contribution in [0.2, 0.25) is 0 Å². The van der Waals surface area contributed by atoms with E-state index in [-0.39, 0.29) is 41.0 Å². The quantitative estimate of drug-likeness (QED) is 0.599. The number of nitrogens with zero attached hydrogens (tertiary/aromatic N) is 3. The Hall–Kier alpha value is -2.52. The molecule has 0 spiro atoms. The first-order valence-electron chi connectivity index (χ1n) is 11.9. The zero-order valence-electron chi connectivity index (χ0n) is 19.3. The van der Waals surface area contributed by atoms with Crippen molar-refractivity contribution < 1.29 is 14.7 Å². The number of hydrogen-bond donors (Lipinski definition) is 3. The van der Waals surface area contributed by atoms with Crippen LogP contribution in [0.25, 0.3) is 10.4 Å². The van der Waals surface area contributed by atoms with Gasteiger partial charge in [-0.05, 0) is 70.9 Å². The second kappa shape index (κ2) is 8.68. The molecule has 9 heteroatoms. The van der Waals surface area contributed by atoms with Gasteiger partial charge in [0.25, 0.3) is 11.8 Å². The van der Waals surface area contributed by atoms with Crippen LogP contribution in [0.3, 0.4) is 0 Å². The molecule has 2 aliphatic heterocycles. The number of rotatable bonds is 6. The molecule has 1 saturated carbocycles. The van der Waals surface area contributed by atoms with Gasteiger partial charge in [0.2, 0.25) is 0 Å². The molecule has 3 fully saturated rings. The van der Waals surface area contributed by atoms with Crippen molar-refractivity contribution in [3.05, 3.63) is 28.5 Å². The Kier molecular flexibility index (Phi) is 5.86. The van der Waals surface area contributed by atoms with E-state index in [0.717, 1.165) is 49.0 Å². The molecule has 4 heterocycles. The highest BCUT2D eigenvalue weighted by atomic mass is 32.1. The smallest absolute Gasteiger partial charge is 0.280 e. The summed E-state index contributed by atoms with van der Waals surface area (Å²) in [5.74, 6) is 0.355. The van der Waals surface area contributed by atoms with Gasteiger partial charge in [-0.1, -0.05) is 0 Å². The minimum absolute atomic E-state index is 0.0854. The van der Waals surface area contributed by atoms with Crippen molar-refractivity contribution in [3.8, 4) is 10.4 Å². The van der Waals surface area contributed by atoms with Gasteiger partial charge in [0.15, 0.2) is 5.01 Å². The number of thiazole rings is 1. The minimum Gasteiger partial charge on any atom is -0.391 e. The topological polar surface area (TPSA) is 107 Å². The molecule has 2 aromatic heterocycles. The highest BCUT2D eigenvalue weighted by Crippen LogP contribution is 2.41. The number of fused-ring (bicyclic) bond motifs is 2. The van der Waals surface area contributed by atoms with Crippen molar-refractivity contribution >= 4 is 29.0 Å². The van der Waals surface area contributed by atoms with E-state index < -0.39 is 6.10 Å². The molecule has 0 aromatic carbocycles. The van der Waals surface area contributed by atoms with Crippen LogP contribution in [-0.4, -0.2) is 62.1 Å². The van der Waals surface area contributed by atoms with E-state index in [9.17, 15) is 14.7 Å². The first-order valence-corrected chi connectivity index (χ1v) is 12.7. The SMILES string of the molecule is Cc1cc(NC(C)C)ncc1-c1sc(C(=O)NC2CCC2O)nc1C(=O)N1C2CCC1CC2.